The minimum atomic E-state index is 0.654. The molecule has 2 heterocycles. The molecule has 0 amide bonds. The molecule has 0 atom stereocenters. The van der Waals surface area contributed by atoms with Crippen LogP contribution in [-0.2, 0) is 6.42 Å². The summed E-state index contributed by atoms with van der Waals surface area (Å²) in [4.78, 5) is 0. The Morgan fingerprint density at radius 2 is 2.33 bits per heavy atom. The van der Waals surface area contributed by atoms with Crippen molar-refractivity contribution in [3.8, 4) is 0 Å². The SMILES string of the molecule is CC(C)c1ccn2c1CCCN2. The molecule has 0 unspecified atom stereocenters. The molecule has 1 N–H and O–H groups in total. The van der Waals surface area contributed by atoms with Crippen molar-refractivity contribution in [2.75, 3.05) is 12.0 Å². The van der Waals surface area contributed by atoms with Gasteiger partial charge in [-0.05, 0) is 30.4 Å². The molecule has 66 valence electrons. The van der Waals surface area contributed by atoms with Crippen molar-refractivity contribution in [1.29, 1.82) is 0 Å². The summed E-state index contributed by atoms with van der Waals surface area (Å²) in [5.41, 5.74) is 6.34. The van der Waals surface area contributed by atoms with Crippen LogP contribution in [0.2, 0.25) is 0 Å². The van der Waals surface area contributed by atoms with Crippen LogP contribution in [0.15, 0.2) is 12.3 Å². The van der Waals surface area contributed by atoms with Gasteiger partial charge in [0.1, 0.15) is 0 Å². The fourth-order valence-corrected chi connectivity index (χ4v) is 1.87. The summed E-state index contributed by atoms with van der Waals surface area (Å²) in [7, 11) is 0. The van der Waals surface area contributed by atoms with E-state index >= 15 is 0 Å². The van der Waals surface area contributed by atoms with Crippen LogP contribution in [-0.4, -0.2) is 11.2 Å². The van der Waals surface area contributed by atoms with Crippen LogP contribution in [0.4, 0.5) is 0 Å². The van der Waals surface area contributed by atoms with E-state index in [1.54, 1.807) is 0 Å². The van der Waals surface area contributed by atoms with Gasteiger partial charge in [-0.1, -0.05) is 13.8 Å². The van der Waals surface area contributed by atoms with Gasteiger partial charge in [0.25, 0.3) is 0 Å². The first-order chi connectivity index (χ1) is 5.79. The largest absolute Gasteiger partial charge is 0.326 e. The maximum atomic E-state index is 3.35. The molecule has 0 fully saturated rings. The topological polar surface area (TPSA) is 17.0 Å². The molecule has 0 radical (unpaired) electrons. The van der Waals surface area contributed by atoms with Gasteiger partial charge in [0.05, 0.1) is 0 Å². The van der Waals surface area contributed by atoms with Gasteiger partial charge in [-0.2, -0.15) is 0 Å². The van der Waals surface area contributed by atoms with Gasteiger partial charge < -0.3 is 5.43 Å². The van der Waals surface area contributed by atoms with Gasteiger partial charge in [0, 0.05) is 18.4 Å². The Kier molecular flexibility index (Phi) is 1.83. The highest BCUT2D eigenvalue weighted by molar-refractivity contribution is 5.27. The van der Waals surface area contributed by atoms with Gasteiger partial charge in [0.2, 0.25) is 0 Å². The zero-order valence-corrected chi connectivity index (χ0v) is 7.80. The van der Waals surface area contributed by atoms with Gasteiger partial charge in [-0.15, -0.1) is 0 Å². The molecule has 0 aliphatic carbocycles. The van der Waals surface area contributed by atoms with Crippen LogP contribution < -0.4 is 5.43 Å². The number of hydrogen-bond donors (Lipinski definition) is 1. The molecule has 2 rings (SSSR count). The lowest BCUT2D eigenvalue weighted by molar-refractivity contribution is 0.652. The zero-order valence-electron chi connectivity index (χ0n) is 7.80. The second-order valence-corrected chi connectivity index (χ2v) is 3.75. The van der Waals surface area contributed by atoms with E-state index in [-0.39, 0.29) is 0 Å². The van der Waals surface area contributed by atoms with Gasteiger partial charge >= 0.3 is 0 Å². The van der Waals surface area contributed by atoms with E-state index < -0.39 is 0 Å². The van der Waals surface area contributed by atoms with E-state index in [0.29, 0.717) is 5.92 Å². The summed E-state index contributed by atoms with van der Waals surface area (Å²) in [5, 5.41) is 0. The predicted octanol–water partition coefficient (Wildman–Crippen LogP) is 2.10. The van der Waals surface area contributed by atoms with E-state index in [4.69, 9.17) is 0 Å². The van der Waals surface area contributed by atoms with E-state index in [9.17, 15) is 0 Å². The monoisotopic (exact) mass is 164 g/mol. The maximum Gasteiger partial charge on any atom is 0.0429 e. The number of fused-ring (bicyclic) bond motifs is 1. The Hall–Kier alpha value is -0.920. The van der Waals surface area contributed by atoms with Crippen LogP contribution in [0.25, 0.3) is 0 Å². The Morgan fingerprint density at radius 1 is 1.50 bits per heavy atom. The first-order valence-corrected chi connectivity index (χ1v) is 4.73. The third-order valence-corrected chi connectivity index (χ3v) is 2.52. The van der Waals surface area contributed by atoms with Crippen LogP contribution in [0.3, 0.4) is 0 Å². The first-order valence-electron chi connectivity index (χ1n) is 4.73. The molecule has 0 saturated heterocycles. The van der Waals surface area contributed by atoms with Crippen molar-refractivity contribution in [3.05, 3.63) is 23.5 Å². The number of rotatable bonds is 1. The molecule has 1 aromatic heterocycles. The molecule has 2 heteroatoms. The quantitative estimate of drug-likeness (QED) is 0.672. The highest BCUT2D eigenvalue weighted by atomic mass is 15.4. The average molecular weight is 164 g/mol. The van der Waals surface area contributed by atoms with Crippen LogP contribution in [0.5, 0.6) is 0 Å². The summed E-state index contributed by atoms with van der Waals surface area (Å²) < 4.78 is 2.18. The summed E-state index contributed by atoms with van der Waals surface area (Å²) >= 11 is 0. The summed E-state index contributed by atoms with van der Waals surface area (Å²) in [6.07, 6.45) is 4.64. The van der Waals surface area contributed by atoms with Crippen molar-refractivity contribution in [2.45, 2.75) is 32.6 Å². The Labute approximate surface area is 73.6 Å². The first kappa shape index (κ1) is 7.71. The second-order valence-electron chi connectivity index (χ2n) is 3.75. The molecule has 1 aromatic rings. The lowest BCUT2D eigenvalue weighted by Crippen LogP contribution is -2.24. The van der Waals surface area contributed by atoms with Crippen LogP contribution >= 0.6 is 0 Å². The van der Waals surface area contributed by atoms with E-state index in [1.165, 1.54) is 24.1 Å². The van der Waals surface area contributed by atoms with Gasteiger partial charge in [-0.3, -0.25) is 4.68 Å². The van der Waals surface area contributed by atoms with E-state index in [1.807, 2.05) is 0 Å². The van der Waals surface area contributed by atoms with Crippen molar-refractivity contribution >= 4 is 0 Å². The standard InChI is InChI=1S/C10H16N2/c1-8(2)9-5-7-12-10(9)4-3-6-11-12/h5,7-8,11H,3-4,6H2,1-2H3. The van der Waals surface area contributed by atoms with Crippen molar-refractivity contribution < 1.29 is 0 Å². The van der Waals surface area contributed by atoms with Gasteiger partial charge in [-0.25, -0.2) is 0 Å². The molecule has 12 heavy (non-hydrogen) atoms. The van der Waals surface area contributed by atoms with Crippen LogP contribution in [0, 0.1) is 0 Å². The van der Waals surface area contributed by atoms with Crippen molar-refractivity contribution in [3.63, 3.8) is 0 Å². The smallest absolute Gasteiger partial charge is 0.0429 e. The minimum Gasteiger partial charge on any atom is -0.326 e. The summed E-state index contributed by atoms with van der Waals surface area (Å²) in [6.45, 7) is 5.62. The third-order valence-electron chi connectivity index (χ3n) is 2.52. The maximum absolute atomic E-state index is 3.35. The fraction of sp³-hybridized carbons (Fsp3) is 0.600. The predicted molar refractivity (Wildman–Crippen MR) is 51.1 cm³/mol. The lowest BCUT2D eigenvalue weighted by atomic mass is 10.0. The molecule has 1 aliphatic rings. The zero-order chi connectivity index (χ0) is 8.55. The summed E-state index contributed by atoms with van der Waals surface area (Å²) in [6, 6.07) is 2.23. The number of aromatic nitrogens is 1. The van der Waals surface area contributed by atoms with E-state index in [2.05, 4.69) is 36.2 Å². The fourth-order valence-electron chi connectivity index (χ4n) is 1.87. The number of nitrogens with zero attached hydrogens (tertiary/aromatic N) is 1. The number of hydrogen-bond acceptors (Lipinski definition) is 1. The molecule has 0 aromatic carbocycles. The number of nitrogens with one attached hydrogen (secondary N) is 1. The highest BCUT2D eigenvalue weighted by Crippen LogP contribution is 2.22. The normalized spacial score (nSPS) is 15.9. The van der Waals surface area contributed by atoms with Gasteiger partial charge in [0.15, 0.2) is 0 Å². The molecular formula is C10H16N2. The van der Waals surface area contributed by atoms with E-state index in [0.717, 1.165) is 6.54 Å². The average Bonchev–Trinajstić information content (AvgIpc) is 2.47. The Morgan fingerprint density at radius 3 is 3.08 bits per heavy atom. The molecule has 0 spiro atoms. The molecule has 2 nitrogen and oxygen atoms in total. The minimum absolute atomic E-state index is 0.654. The van der Waals surface area contributed by atoms with Crippen molar-refractivity contribution in [2.24, 2.45) is 0 Å². The lowest BCUT2D eigenvalue weighted by Gasteiger charge is -2.19. The highest BCUT2D eigenvalue weighted by Gasteiger charge is 2.14. The Bertz CT molecular complexity index is 273. The Balaban J connectivity index is 2.38. The molecule has 0 bridgehead atoms. The second kappa shape index (κ2) is 2.85. The molecule has 0 saturated carbocycles. The van der Waals surface area contributed by atoms with Crippen LogP contribution in [0.1, 0.15) is 37.4 Å². The molecule has 1 aliphatic heterocycles. The third kappa shape index (κ3) is 1.11. The summed E-state index contributed by atoms with van der Waals surface area (Å²) in [5.74, 6) is 0.654. The van der Waals surface area contributed by atoms with Crippen molar-refractivity contribution in [1.82, 2.24) is 4.68 Å². The molecular weight excluding hydrogens is 148 g/mol.